The van der Waals surface area contributed by atoms with Crippen LogP contribution in [0.4, 0.5) is 17.6 Å². The average molecular weight is 418 g/mol. The Balaban J connectivity index is 2.10. The zero-order chi connectivity index (χ0) is 21.1. The summed E-state index contributed by atoms with van der Waals surface area (Å²) in [5, 5.41) is 0. The van der Waals surface area contributed by atoms with Crippen molar-refractivity contribution in [1.82, 2.24) is 9.62 Å². The van der Waals surface area contributed by atoms with Crippen molar-refractivity contribution in [3.63, 3.8) is 0 Å². The van der Waals surface area contributed by atoms with Gasteiger partial charge in [0.25, 0.3) is 0 Å². The molecule has 0 aliphatic rings. The second-order valence-electron chi connectivity index (χ2n) is 6.05. The van der Waals surface area contributed by atoms with Crippen LogP contribution in [0.25, 0.3) is 0 Å². The van der Waals surface area contributed by atoms with Gasteiger partial charge in [-0.2, -0.15) is 13.2 Å². The van der Waals surface area contributed by atoms with Crippen molar-refractivity contribution in [2.45, 2.75) is 24.0 Å². The Bertz CT molecular complexity index is 961. The lowest BCUT2D eigenvalue weighted by Gasteiger charge is -2.25. The highest BCUT2D eigenvalue weighted by Gasteiger charge is 2.32. The molecule has 0 bridgehead atoms. The van der Waals surface area contributed by atoms with E-state index < -0.39 is 51.0 Å². The zero-order valence-electron chi connectivity index (χ0n) is 15.0. The third-order valence-corrected chi connectivity index (χ3v) is 5.61. The highest BCUT2D eigenvalue weighted by molar-refractivity contribution is 7.89. The van der Waals surface area contributed by atoms with Crippen molar-refractivity contribution in [1.29, 1.82) is 0 Å². The highest BCUT2D eigenvalue weighted by atomic mass is 32.2. The fourth-order valence-electron chi connectivity index (χ4n) is 2.44. The van der Waals surface area contributed by atoms with Gasteiger partial charge in [0.1, 0.15) is 5.82 Å². The Morgan fingerprint density at radius 3 is 2.39 bits per heavy atom. The molecule has 1 amide bonds. The van der Waals surface area contributed by atoms with Gasteiger partial charge in [-0.25, -0.2) is 17.5 Å². The fourth-order valence-corrected chi connectivity index (χ4v) is 3.46. The number of carbonyl (C=O) groups excluding carboxylic acids is 1. The molecule has 0 radical (unpaired) electrons. The van der Waals surface area contributed by atoms with Crippen molar-refractivity contribution in [2.75, 3.05) is 13.6 Å². The molecule has 0 saturated heterocycles. The molecule has 0 saturated carbocycles. The van der Waals surface area contributed by atoms with Crippen molar-refractivity contribution in [3.8, 4) is 0 Å². The van der Waals surface area contributed by atoms with Crippen LogP contribution in [0.2, 0.25) is 0 Å². The zero-order valence-corrected chi connectivity index (χ0v) is 15.8. The van der Waals surface area contributed by atoms with Crippen LogP contribution < -0.4 is 4.72 Å². The van der Waals surface area contributed by atoms with E-state index in [4.69, 9.17) is 0 Å². The molecule has 2 rings (SSSR count). The monoisotopic (exact) mass is 418 g/mol. The fraction of sp³-hybridized carbons (Fsp3) is 0.278. The van der Waals surface area contributed by atoms with Crippen LogP contribution in [0.3, 0.4) is 0 Å². The predicted molar refractivity (Wildman–Crippen MR) is 94.2 cm³/mol. The van der Waals surface area contributed by atoms with Crippen LogP contribution in [0, 0.1) is 5.82 Å². The first-order valence-electron chi connectivity index (χ1n) is 8.10. The standard InChI is InChI=1S/C18H18F4N2O3S/c1-12(15-8-3-4-9-16(15)19)24(2)17(25)11-23-28(26,27)14-7-5-6-13(10-14)18(20,21)22/h3-10,12,23H,11H2,1-2H3. The Labute approximate surface area is 160 Å². The number of halogens is 4. The van der Waals surface area contributed by atoms with E-state index in [0.717, 1.165) is 23.1 Å². The average Bonchev–Trinajstić information content (AvgIpc) is 2.65. The van der Waals surface area contributed by atoms with Crippen molar-refractivity contribution < 1.29 is 30.8 Å². The molecule has 1 atom stereocenters. The molecule has 152 valence electrons. The van der Waals surface area contributed by atoms with Gasteiger partial charge in [0.2, 0.25) is 15.9 Å². The van der Waals surface area contributed by atoms with Crippen LogP contribution >= 0.6 is 0 Å². The third-order valence-electron chi connectivity index (χ3n) is 4.21. The molecule has 1 N–H and O–H groups in total. The van der Waals surface area contributed by atoms with Gasteiger partial charge in [-0.1, -0.05) is 24.3 Å². The molecule has 0 aliphatic carbocycles. The number of carbonyl (C=O) groups is 1. The number of nitrogens with one attached hydrogen (secondary N) is 1. The van der Waals surface area contributed by atoms with Gasteiger partial charge in [-0.15, -0.1) is 0 Å². The first kappa shape index (κ1) is 21.8. The molecule has 1 unspecified atom stereocenters. The maximum Gasteiger partial charge on any atom is 0.416 e. The number of alkyl halides is 3. The summed E-state index contributed by atoms with van der Waals surface area (Å²) in [6, 6.07) is 8.34. The van der Waals surface area contributed by atoms with E-state index in [-0.39, 0.29) is 5.56 Å². The van der Waals surface area contributed by atoms with E-state index in [1.807, 2.05) is 4.72 Å². The second-order valence-corrected chi connectivity index (χ2v) is 7.82. The Hall–Kier alpha value is -2.46. The molecular formula is C18H18F4N2O3S. The summed E-state index contributed by atoms with van der Waals surface area (Å²) in [5.74, 6) is -1.19. The van der Waals surface area contributed by atoms with Gasteiger partial charge in [0, 0.05) is 12.6 Å². The van der Waals surface area contributed by atoms with E-state index in [2.05, 4.69) is 0 Å². The summed E-state index contributed by atoms with van der Waals surface area (Å²) in [6.07, 6.45) is -4.70. The van der Waals surface area contributed by atoms with Gasteiger partial charge >= 0.3 is 6.18 Å². The molecule has 10 heteroatoms. The summed E-state index contributed by atoms with van der Waals surface area (Å²) < 4.78 is 78.5. The number of amides is 1. The van der Waals surface area contributed by atoms with E-state index >= 15 is 0 Å². The number of sulfonamides is 1. The predicted octanol–water partition coefficient (Wildman–Crippen LogP) is 3.34. The number of hydrogen-bond acceptors (Lipinski definition) is 3. The second kappa shape index (κ2) is 8.27. The summed E-state index contributed by atoms with van der Waals surface area (Å²) in [5.41, 5.74) is -0.869. The minimum atomic E-state index is -4.70. The van der Waals surface area contributed by atoms with Crippen LogP contribution in [-0.4, -0.2) is 32.8 Å². The first-order chi connectivity index (χ1) is 12.9. The molecular weight excluding hydrogens is 400 g/mol. The lowest BCUT2D eigenvalue weighted by atomic mass is 10.1. The van der Waals surface area contributed by atoms with Gasteiger partial charge < -0.3 is 4.90 Å². The SMILES string of the molecule is CC(c1ccccc1F)N(C)C(=O)CNS(=O)(=O)c1cccc(C(F)(F)F)c1. The normalized spacial score (nSPS) is 13.2. The number of benzene rings is 2. The van der Waals surface area contributed by atoms with Crippen molar-refractivity contribution >= 4 is 15.9 Å². The Kier molecular flexibility index (Phi) is 6.45. The van der Waals surface area contributed by atoms with Crippen molar-refractivity contribution in [2.24, 2.45) is 0 Å². The number of hydrogen-bond donors (Lipinski definition) is 1. The van der Waals surface area contributed by atoms with E-state index in [0.29, 0.717) is 6.07 Å². The maximum absolute atomic E-state index is 13.9. The molecule has 0 aromatic heterocycles. The van der Waals surface area contributed by atoms with Crippen molar-refractivity contribution in [3.05, 3.63) is 65.5 Å². The van der Waals surface area contributed by atoms with Gasteiger partial charge in [0.05, 0.1) is 23.0 Å². The quantitative estimate of drug-likeness (QED) is 0.732. The number of nitrogens with zero attached hydrogens (tertiary/aromatic N) is 1. The van der Waals surface area contributed by atoms with Crippen LogP contribution in [0.15, 0.2) is 53.4 Å². The molecule has 2 aromatic rings. The number of rotatable bonds is 6. The highest BCUT2D eigenvalue weighted by Crippen LogP contribution is 2.30. The molecule has 0 fully saturated rings. The lowest BCUT2D eigenvalue weighted by Crippen LogP contribution is -2.39. The smallest absolute Gasteiger partial charge is 0.338 e. The largest absolute Gasteiger partial charge is 0.416 e. The molecule has 0 heterocycles. The molecule has 5 nitrogen and oxygen atoms in total. The Morgan fingerprint density at radius 1 is 1.14 bits per heavy atom. The first-order valence-corrected chi connectivity index (χ1v) is 9.59. The summed E-state index contributed by atoms with van der Waals surface area (Å²) >= 11 is 0. The molecule has 2 aromatic carbocycles. The van der Waals surface area contributed by atoms with Gasteiger partial charge in [-0.05, 0) is 31.2 Å². The molecule has 0 aliphatic heterocycles. The topological polar surface area (TPSA) is 66.5 Å². The minimum Gasteiger partial charge on any atom is -0.338 e. The van der Waals surface area contributed by atoms with E-state index in [1.54, 1.807) is 13.0 Å². The van der Waals surface area contributed by atoms with Gasteiger partial charge in [-0.3, -0.25) is 4.79 Å². The Morgan fingerprint density at radius 2 is 1.79 bits per heavy atom. The molecule has 0 spiro atoms. The van der Waals surface area contributed by atoms with Crippen LogP contribution in [0.5, 0.6) is 0 Å². The minimum absolute atomic E-state index is 0.249. The van der Waals surface area contributed by atoms with Gasteiger partial charge in [0.15, 0.2) is 0 Å². The number of likely N-dealkylation sites (N-methyl/N-ethyl adjacent to an activating group) is 1. The van der Waals surface area contributed by atoms with Crippen LogP contribution in [-0.2, 0) is 21.0 Å². The molecule has 28 heavy (non-hydrogen) atoms. The maximum atomic E-state index is 13.9. The van der Waals surface area contributed by atoms with E-state index in [1.165, 1.54) is 25.2 Å². The van der Waals surface area contributed by atoms with Crippen LogP contribution in [0.1, 0.15) is 24.1 Å². The van der Waals surface area contributed by atoms with E-state index in [9.17, 15) is 30.8 Å². The summed E-state index contributed by atoms with van der Waals surface area (Å²) in [7, 11) is -2.97. The lowest BCUT2D eigenvalue weighted by molar-refractivity contribution is -0.137. The summed E-state index contributed by atoms with van der Waals surface area (Å²) in [6.45, 7) is 0.880. The third kappa shape index (κ3) is 5.08. The summed E-state index contributed by atoms with van der Waals surface area (Å²) in [4.78, 5) is 12.8.